The van der Waals surface area contributed by atoms with Crippen LogP contribution in [0.25, 0.3) is 0 Å². The molecule has 0 bridgehead atoms. The second-order valence-corrected chi connectivity index (χ2v) is 3.56. The fourth-order valence-electron chi connectivity index (χ4n) is 1.23. The molecule has 0 N–H and O–H groups in total. The minimum absolute atomic E-state index is 0.460. The van der Waals surface area contributed by atoms with Crippen LogP contribution >= 0.6 is 15.9 Å². The number of benzene rings is 1. The third kappa shape index (κ3) is 1.68. The van der Waals surface area contributed by atoms with Gasteiger partial charge >= 0.3 is 0 Å². The van der Waals surface area contributed by atoms with Crippen LogP contribution in [0.15, 0.2) is 10.5 Å². The van der Waals surface area contributed by atoms with Crippen LogP contribution in [0.1, 0.15) is 11.1 Å². The smallest absolute Gasteiger partial charge is 0.178 e. The van der Waals surface area contributed by atoms with Crippen molar-refractivity contribution in [3.05, 3.63) is 21.7 Å². The van der Waals surface area contributed by atoms with E-state index in [1.54, 1.807) is 13.2 Å². The number of methoxy groups -OCH3 is 2. The summed E-state index contributed by atoms with van der Waals surface area (Å²) in [5.41, 5.74) is 1.38. The number of halogens is 1. The molecule has 74 valence electrons. The SMILES string of the molecule is COc1c(C#N)cc(Br)c(C)c1OC. The number of ether oxygens (including phenoxy) is 2. The second-order valence-electron chi connectivity index (χ2n) is 2.71. The maximum Gasteiger partial charge on any atom is 0.178 e. The number of hydrogen-bond donors (Lipinski definition) is 0. The van der Waals surface area contributed by atoms with Crippen molar-refractivity contribution < 1.29 is 9.47 Å². The molecule has 0 saturated carbocycles. The average molecular weight is 256 g/mol. The van der Waals surface area contributed by atoms with Crippen LogP contribution in [0, 0.1) is 18.3 Å². The van der Waals surface area contributed by atoms with Crippen LogP contribution in [-0.4, -0.2) is 14.2 Å². The summed E-state index contributed by atoms with van der Waals surface area (Å²) in [6, 6.07) is 3.77. The number of hydrogen-bond acceptors (Lipinski definition) is 3. The molecule has 0 spiro atoms. The highest BCUT2D eigenvalue weighted by atomic mass is 79.9. The molecule has 1 rings (SSSR count). The fourth-order valence-corrected chi connectivity index (χ4v) is 1.64. The van der Waals surface area contributed by atoms with Gasteiger partial charge in [0.25, 0.3) is 0 Å². The van der Waals surface area contributed by atoms with Crippen molar-refractivity contribution in [3.63, 3.8) is 0 Å². The first kappa shape index (κ1) is 10.9. The lowest BCUT2D eigenvalue weighted by molar-refractivity contribution is 0.352. The van der Waals surface area contributed by atoms with Gasteiger partial charge in [0.2, 0.25) is 0 Å². The molecule has 1 aromatic rings. The maximum atomic E-state index is 8.88. The van der Waals surface area contributed by atoms with Crippen LogP contribution < -0.4 is 9.47 Å². The van der Waals surface area contributed by atoms with Gasteiger partial charge in [-0.05, 0) is 13.0 Å². The lowest BCUT2D eigenvalue weighted by Crippen LogP contribution is -1.96. The van der Waals surface area contributed by atoms with E-state index in [0.29, 0.717) is 17.1 Å². The summed E-state index contributed by atoms with van der Waals surface area (Å²) in [4.78, 5) is 0. The minimum Gasteiger partial charge on any atom is -0.492 e. The summed E-state index contributed by atoms with van der Waals surface area (Å²) in [5, 5.41) is 8.88. The summed E-state index contributed by atoms with van der Waals surface area (Å²) < 4.78 is 11.1. The lowest BCUT2D eigenvalue weighted by atomic mass is 10.1. The van der Waals surface area contributed by atoms with Gasteiger partial charge in [-0.25, -0.2) is 0 Å². The molecule has 0 aromatic heterocycles. The average Bonchev–Trinajstić information content (AvgIpc) is 2.20. The third-order valence-electron chi connectivity index (χ3n) is 1.95. The molecule has 14 heavy (non-hydrogen) atoms. The quantitative estimate of drug-likeness (QED) is 0.816. The van der Waals surface area contributed by atoms with Crippen molar-refractivity contribution in [2.75, 3.05) is 14.2 Å². The largest absolute Gasteiger partial charge is 0.492 e. The molecule has 0 aliphatic carbocycles. The maximum absolute atomic E-state index is 8.88. The monoisotopic (exact) mass is 255 g/mol. The Hall–Kier alpha value is -1.21. The van der Waals surface area contributed by atoms with Gasteiger partial charge in [-0.3, -0.25) is 0 Å². The van der Waals surface area contributed by atoms with Crippen LogP contribution in [0.5, 0.6) is 11.5 Å². The van der Waals surface area contributed by atoms with Crippen molar-refractivity contribution in [1.29, 1.82) is 5.26 Å². The van der Waals surface area contributed by atoms with E-state index in [9.17, 15) is 0 Å². The topological polar surface area (TPSA) is 42.2 Å². The highest BCUT2D eigenvalue weighted by Crippen LogP contribution is 2.38. The standard InChI is InChI=1S/C10H10BrNO2/c1-6-8(11)4-7(5-12)10(14-3)9(6)13-2/h4H,1-3H3. The minimum atomic E-state index is 0.460. The molecule has 0 heterocycles. The van der Waals surface area contributed by atoms with Gasteiger partial charge in [-0.1, -0.05) is 15.9 Å². The Morgan fingerprint density at radius 1 is 1.29 bits per heavy atom. The summed E-state index contributed by atoms with van der Waals surface area (Å²) >= 11 is 3.36. The number of nitriles is 1. The number of rotatable bonds is 2. The van der Waals surface area contributed by atoms with Gasteiger partial charge in [-0.15, -0.1) is 0 Å². The van der Waals surface area contributed by atoms with Gasteiger partial charge in [0, 0.05) is 10.0 Å². The van der Waals surface area contributed by atoms with Gasteiger partial charge in [0.1, 0.15) is 6.07 Å². The first-order valence-corrected chi connectivity index (χ1v) is 4.76. The normalized spacial score (nSPS) is 9.36. The third-order valence-corrected chi connectivity index (χ3v) is 2.77. The summed E-state index contributed by atoms with van der Waals surface area (Å²) in [6.45, 7) is 1.90. The Kier molecular flexibility index (Phi) is 3.37. The zero-order chi connectivity index (χ0) is 10.7. The fraction of sp³-hybridized carbons (Fsp3) is 0.300. The predicted octanol–water partition coefficient (Wildman–Crippen LogP) is 2.65. The van der Waals surface area contributed by atoms with E-state index in [-0.39, 0.29) is 0 Å². The second kappa shape index (κ2) is 4.34. The Balaban J connectivity index is 3.52. The zero-order valence-electron chi connectivity index (χ0n) is 8.22. The van der Waals surface area contributed by atoms with E-state index >= 15 is 0 Å². The van der Waals surface area contributed by atoms with Gasteiger partial charge < -0.3 is 9.47 Å². The molecule has 0 amide bonds. The zero-order valence-corrected chi connectivity index (χ0v) is 9.81. The molecule has 0 atom stereocenters. The lowest BCUT2D eigenvalue weighted by Gasteiger charge is -2.12. The van der Waals surface area contributed by atoms with Gasteiger partial charge in [-0.2, -0.15) is 5.26 Å². The Morgan fingerprint density at radius 2 is 1.86 bits per heavy atom. The summed E-state index contributed by atoms with van der Waals surface area (Å²) in [6.07, 6.45) is 0. The molecule has 1 aromatic carbocycles. The number of nitrogens with zero attached hydrogens (tertiary/aromatic N) is 1. The van der Waals surface area contributed by atoms with E-state index in [4.69, 9.17) is 14.7 Å². The van der Waals surface area contributed by atoms with Crippen LogP contribution in [-0.2, 0) is 0 Å². The summed E-state index contributed by atoms with van der Waals surface area (Å²) in [7, 11) is 3.07. The van der Waals surface area contributed by atoms with E-state index < -0.39 is 0 Å². The molecule has 0 aliphatic rings. The highest BCUT2D eigenvalue weighted by molar-refractivity contribution is 9.10. The molecule has 0 aliphatic heterocycles. The van der Waals surface area contributed by atoms with Crippen molar-refractivity contribution in [1.82, 2.24) is 0 Å². The molecular formula is C10H10BrNO2. The van der Waals surface area contributed by atoms with Crippen LogP contribution in [0.4, 0.5) is 0 Å². The van der Waals surface area contributed by atoms with Crippen molar-refractivity contribution >= 4 is 15.9 Å². The Labute approximate surface area is 91.4 Å². The molecule has 0 fully saturated rings. The van der Waals surface area contributed by atoms with Crippen molar-refractivity contribution in [3.8, 4) is 17.6 Å². The van der Waals surface area contributed by atoms with E-state index in [0.717, 1.165) is 10.0 Å². The molecule has 0 saturated heterocycles. The summed E-state index contributed by atoms with van der Waals surface area (Å²) in [5.74, 6) is 1.08. The van der Waals surface area contributed by atoms with Gasteiger partial charge in [0.05, 0.1) is 19.8 Å². The van der Waals surface area contributed by atoms with E-state index in [1.165, 1.54) is 7.11 Å². The first-order chi connectivity index (χ1) is 6.65. The van der Waals surface area contributed by atoms with Crippen LogP contribution in [0.2, 0.25) is 0 Å². The molecule has 3 nitrogen and oxygen atoms in total. The molecular weight excluding hydrogens is 246 g/mol. The predicted molar refractivity (Wildman–Crippen MR) is 56.7 cm³/mol. The molecule has 0 unspecified atom stereocenters. The molecule has 4 heteroatoms. The van der Waals surface area contributed by atoms with Gasteiger partial charge in [0.15, 0.2) is 11.5 Å². The molecule has 0 radical (unpaired) electrons. The van der Waals surface area contributed by atoms with E-state index in [2.05, 4.69) is 22.0 Å². The Bertz CT molecular complexity index is 396. The van der Waals surface area contributed by atoms with Crippen LogP contribution in [0.3, 0.4) is 0 Å². The first-order valence-electron chi connectivity index (χ1n) is 3.96. The van der Waals surface area contributed by atoms with Crippen molar-refractivity contribution in [2.45, 2.75) is 6.92 Å². The van der Waals surface area contributed by atoms with Crippen molar-refractivity contribution in [2.24, 2.45) is 0 Å². The Morgan fingerprint density at radius 3 is 2.29 bits per heavy atom. The highest BCUT2D eigenvalue weighted by Gasteiger charge is 2.15. The van der Waals surface area contributed by atoms with E-state index in [1.807, 2.05) is 6.92 Å².